The summed E-state index contributed by atoms with van der Waals surface area (Å²) in [4.78, 5) is 24.3. The molecule has 1 aliphatic rings. The lowest BCUT2D eigenvalue weighted by Gasteiger charge is -2.28. The van der Waals surface area contributed by atoms with E-state index in [1.165, 1.54) is 0 Å². The van der Waals surface area contributed by atoms with Gasteiger partial charge in [0.25, 0.3) is 0 Å². The number of nitrogens with two attached hydrogens (primary N) is 1. The van der Waals surface area contributed by atoms with E-state index in [0.717, 1.165) is 0 Å². The number of carbonyl (C=O) groups is 2. The Bertz CT molecular complexity index is 679. The molecule has 1 saturated heterocycles. The van der Waals surface area contributed by atoms with Crippen LogP contribution in [0, 0.1) is 17.8 Å². The molecule has 0 bridgehead atoms. The summed E-state index contributed by atoms with van der Waals surface area (Å²) >= 11 is 0. The maximum atomic E-state index is 12.4. The number of para-hydroxylation sites is 2. The molecule has 2 N–H and O–H groups in total. The molecule has 168 valence electrons. The molecule has 0 amide bonds. The van der Waals surface area contributed by atoms with E-state index in [1.807, 2.05) is 45.0 Å². The third-order valence-corrected chi connectivity index (χ3v) is 5.04. The van der Waals surface area contributed by atoms with Crippen molar-refractivity contribution in [2.75, 3.05) is 33.2 Å². The lowest BCUT2D eigenvalue weighted by atomic mass is 9.96. The SMILES string of the molecule is CCOc1ccccc1OCC1CC(C(=O)OCOC(=O)C(CN)C(C)C)CCO1. The van der Waals surface area contributed by atoms with Crippen molar-refractivity contribution in [2.24, 2.45) is 23.5 Å². The summed E-state index contributed by atoms with van der Waals surface area (Å²) < 4.78 is 27.3. The average molecular weight is 424 g/mol. The zero-order valence-corrected chi connectivity index (χ0v) is 18.0. The number of hydrogen-bond acceptors (Lipinski definition) is 8. The Labute approximate surface area is 177 Å². The Morgan fingerprint density at radius 1 is 1.17 bits per heavy atom. The third-order valence-electron chi connectivity index (χ3n) is 5.04. The first-order valence-corrected chi connectivity index (χ1v) is 10.5. The number of benzene rings is 1. The van der Waals surface area contributed by atoms with Gasteiger partial charge in [0.1, 0.15) is 6.61 Å². The van der Waals surface area contributed by atoms with Gasteiger partial charge in [0, 0.05) is 13.2 Å². The first kappa shape index (κ1) is 24.0. The maximum Gasteiger partial charge on any atom is 0.313 e. The molecular formula is C22H33NO7. The van der Waals surface area contributed by atoms with Gasteiger partial charge in [0.2, 0.25) is 6.79 Å². The minimum absolute atomic E-state index is 0.0577. The van der Waals surface area contributed by atoms with E-state index in [9.17, 15) is 9.59 Å². The predicted molar refractivity (Wildman–Crippen MR) is 110 cm³/mol. The van der Waals surface area contributed by atoms with Crippen molar-refractivity contribution in [1.29, 1.82) is 0 Å². The Hall–Kier alpha value is -2.32. The summed E-state index contributed by atoms with van der Waals surface area (Å²) in [6, 6.07) is 7.43. The molecule has 0 aliphatic carbocycles. The molecule has 30 heavy (non-hydrogen) atoms. The van der Waals surface area contributed by atoms with Crippen molar-refractivity contribution in [2.45, 2.75) is 39.7 Å². The summed E-state index contributed by atoms with van der Waals surface area (Å²) in [7, 11) is 0. The van der Waals surface area contributed by atoms with Gasteiger partial charge in [-0.1, -0.05) is 26.0 Å². The molecule has 1 aromatic carbocycles. The van der Waals surface area contributed by atoms with E-state index in [-0.39, 0.29) is 24.5 Å². The van der Waals surface area contributed by atoms with Crippen LogP contribution in [0.4, 0.5) is 0 Å². The number of carbonyl (C=O) groups excluding carboxylic acids is 2. The highest BCUT2D eigenvalue weighted by Crippen LogP contribution is 2.28. The highest BCUT2D eigenvalue weighted by molar-refractivity contribution is 5.74. The van der Waals surface area contributed by atoms with Gasteiger partial charge in [-0.15, -0.1) is 0 Å². The van der Waals surface area contributed by atoms with Crippen molar-refractivity contribution >= 4 is 11.9 Å². The monoisotopic (exact) mass is 423 g/mol. The predicted octanol–water partition coefficient (Wildman–Crippen LogP) is 2.53. The highest BCUT2D eigenvalue weighted by Gasteiger charge is 2.30. The molecule has 0 spiro atoms. The van der Waals surface area contributed by atoms with Gasteiger partial charge in [-0.25, -0.2) is 0 Å². The van der Waals surface area contributed by atoms with Gasteiger partial charge < -0.3 is 29.4 Å². The molecule has 1 heterocycles. The van der Waals surface area contributed by atoms with E-state index in [2.05, 4.69) is 0 Å². The Morgan fingerprint density at radius 3 is 2.50 bits per heavy atom. The van der Waals surface area contributed by atoms with Crippen molar-refractivity contribution in [1.82, 2.24) is 0 Å². The van der Waals surface area contributed by atoms with E-state index >= 15 is 0 Å². The van der Waals surface area contributed by atoms with Crippen LogP contribution < -0.4 is 15.2 Å². The van der Waals surface area contributed by atoms with E-state index < -0.39 is 24.6 Å². The molecule has 8 heteroatoms. The van der Waals surface area contributed by atoms with Crippen LogP contribution in [0.3, 0.4) is 0 Å². The van der Waals surface area contributed by atoms with Crippen LogP contribution in [0.2, 0.25) is 0 Å². The summed E-state index contributed by atoms with van der Waals surface area (Å²) in [5.41, 5.74) is 5.59. The van der Waals surface area contributed by atoms with Gasteiger partial charge in [-0.05, 0) is 37.8 Å². The Kier molecular flexibility index (Phi) is 9.89. The number of esters is 2. The topological polar surface area (TPSA) is 106 Å². The Morgan fingerprint density at radius 2 is 1.87 bits per heavy atom. The third kappa shape index (κ3) is 7.18. The average Bonchev–Trinajstić information content (AvgIpc) is 2.73. The first-order chi connectivity index (χ1) is 14.5. The normalized spacial score (nSPS) is 19.8. The lowest BCUT2D eigenvalue weighted by Crippen LogP contribution is -2.35. The van der Waals surface area contributed by atoms with Gasteiger partial charge in [-0.3, -0.25) is 9.59 Å². The minimum atomic E-state index is -0.452. The summed E-state index contributed by atoms with van der Waals surface area (Å²) in [5.74, 6) is -0.227. The second-order valence-corrected chi connectivity index (χ2v) is 7.54. The molecule has 0 radical (unpaired) electrons. The van der Waals surface area contributed by atoms with Crippen LogP contribution in [0.25, 0.3) is 0 Å². The molecular weight excluding hydrogens is 390 g/mol. The van der Waals surface area contributed by atoms with Gasteiger partial charge in [0.15, 0.2) is 11.5 Å². The van der Waals surface area contributed by atoms with Crippen LogP contribution in [-0.2, 0) is 23.8 Å². The van der Waals surface area contributed by atoms with Crippen molar-refractivity contribution in [3.8, 4) is 11.5 Å². The van der Waals surface area contributed by atoms with Crippen LogP contribution in [0.1, 0.15) is 33.6 Å². The summed E-state index contributed by atoms with van der Waals surface area (Å²) in [6.07, 6.45) is 0.785. The molecule has 1 aromatic rings. The zero-order valence-electron chi connectivity index (χ0n) is 18.0. The molecule has 1 fully saturated rings. The molecule has 3 atom stereocenters. The van der Waals surface area contributed by atoms with Gasteiger partial charge in [-0.2, -0.15) is 0 Å². The first-order valence-electron chi connectivity index (χ1n) is 10.5. The quantitative estimate of drug-likeness (QED) is 0.427. The second-order valence-electron chi connectivity index (χ2n) is 7.54. The molecule has 1 aliphatic heterocycles. The van der Waals surface area contributed by atoms with E-state index in [0.29, 0.717) is 44.2 Å². The van der Waals surface area contributed by atoms with Gasteiger partial charge in [0.05, 0.1) is 24.5 Å². The fourth-order valence-electron chi connectivity index (χ4n) is 3.25. The molecule has 3 unspecified atom stereocenters. The van der Waals surface area contributed by atoms with Crippen LogP contribution in [-0.4, -0.2) is 51.2 Å². The van der Waals surface area contributed by atoms with Crippen LogP contribution >= 0.6 is 0 Å². The van der Waals surface area contributed by atoms with E-state index in [1.54, 1.807) is 0 Å². The fraction of sp³-hybridized carbons (Fsp3) is 0.636. The molecule has 8 nitrogen and oxygen atoms in total. The standard InChI is InChI=1S/C22H33NO7/c1-4-26-19-7-5-6-8-20(19)28-13-17-11-16(9-10-27-17)21(24)29-14-30-22(25)18(12-23)15(2)3/h5-8,15-18H,4,9-14,23H2,1-3H3. The van der Waals surface area contributed by atoms with Crippen LogP contribution in [0.15, 0.2) is 24.3 Å². The molecule has 0 saturated carbocycles. The van der Waals surface area contributed by atoms with Crippen molar-refractivity contribution in [3.05, 3.63) is 24.3 Å². The number of rotatable bonds is 11. The Balaban J connectivity index is 1.77. The zero-order chi connectivity index (χ0) is 21.9. The van der Waals surface area contributed by atoms with Crippen molar-refractivity contribution < 1.29 is 33.3 Å². The van der Waals surface area contributed by atoms with E-state index in [4.69, 9.17) is 29.4 Å². The smallest absolute Gasteiger partial charge is 0.313 e. The lowest BCUT2D eigenvalue weighted by molar-refractivity contribution is -0.176. The van der Waals surface area contributed by atoms with Crippen LogP contribution in [0.5, 0.6) is 11.5 Å². The largest absolute Gasteiger partial charge is 0.490 e. The maximum absolute atomic E-state index is 12.4. The number of hydrogen-bond donors (Lipinski definition) is 1. The number of ether oxygens (including phenoxy) is 5. The highest BCUT2D eigenvalue weighted by atomic mass is 16.7. The minimum Gasteiger partial charge on any atom is -0.490 e. The van der Waals surface area contributed by atoms with Crippen molar-refractivity contribution in [3.63, 3.8) is 0 Å². The second kappa shape index (κ2) is 12.4. The fourth-order valence-corrected chi connectivity index (χ4v) is 3.25. The molecule has 2 rings (SSSR count). The molecule has 0 aromatic heterocycles. The van der Waals surface area contributed by atoms with Gasteiger partial charge >= 0.3 is 11.9 Å². The summed E-state index contributed by atoms with van der Waals surface area (Å²) in [6.45, 7) is 6.76. The summed E-state index contributed by atoms with van der Waals surface area (Å²) in [5, 5.41) is 0.